The summed E-state index contributed by atoms with van der Waals surface area (Å²) in [5.41, 5.74) is 0. The molecule has 0 atom stereocenters. The van der Waals surface area contributed by atoms with Crippen LogP contribution in [0.25, 0.3) is 0 Å². The van der Waals surface area contributed by atoms with Crippen molar-refractivity contribution < 1.29 is 4.79 Å². The van der Waals surface area contributed by atoms with Crippen molar-refractivity contribution in [3.05, 3.63) is 22.4 Å². The van der Waals surface area contributed by atoms with Crippen molar-refractivity contribution in [1.82, 2.24) is 5.32 Å². The molecule has 0 spiro atoms. The van der Waals surface area contributed by atoms with Crippen LogP contribution in [-0.4, -0.2) is 11.9 Å². The number of rotatable bonds is 4. The number of hydrogen-bond donors (Lipinski definition) is 1. The van der Waals surface area contributed by atoms with E-state index in [0.717, 1.165) is 32.1 Å². The van der Waals surface area contributed by atoms with Gasteiger partial charge >= 0.3 is 0 Å². The van der Waals surface area contributed by atoms with Gasteiger partial charge < -0.3 is 5.32 Å². The molecule has 1 saturated carbocycles. The fourth-order valence-corrected chi connectivity index (χ4v) is 3.07. The number of carbonyl (C=O) groups is 1. The topological polar surface area (TPSA) is 52.9 Å². The lowest BCUT2D eigenvalue weighted by Crippen LogP contribution is -2.37. The third-order valence-corrected chi connectivity index (χ3v) is 4.39. The molecule has 0 unspecified atom stereocenters. The number of nitriles is 1. The summed E-state index contributed by atoms with van der Waals surface area (Å²) in [6.45, 7) is 0. The minimum absolute atomic E-state index is 0.142. The van der Waals surface area contributed by atoms with E-state index in [-0.39, 0.29) is 17.9 Å². The van der Waals surface area contributed by atoms with Gasteiger partial charge in [-0.1, -0.05) is 6.07 Å². The zero-order chi connectivity index (χ0) is 12.8. The lowest BCUT2D eigenvalue weighted by atomic mass is 9.87. The zero-order valence-corrected chi connectivity index (χ0v) is 11.2. The largest absolute Gasteiger partial charge is 0.353 e. The van der Waals surface area contributed by atoms with Gasteiger partial charge in [-0.25, -0.2) is 0 Å². The van der Waals surface area contributed by atoms with Crippen molar-refractivity contribution in [1.29, 1.82) is 5.26 Å². The summed E-state index contributed by atoms with van der Waals surface area (Å²) >= 11 is 1.70. The molecule has 0 aliphatic heterocycles. The van der Waals surface area contributed by atoms with E-state index < -0.39 is 0 Å². The maximum atomic E-state index is 11.8. The Kier molecular flexibility index (Phi) is 4.77. The fraction of sp³-hybridized carbons (Fsp3) is 0.571. The predicted octanol–water partition coefficient (Wildman–Crippen LogP) is 2.88. The van der Waals surface area contributed by atoms with Crippen LogP contribution in [0.2, 0.25) is 0 Å². The molecule has 1 aromatic heterocycles. The van der Waals surface area contributed by atoms with Crippen molar-refractivity contribution in [3.63, 3.8) is 0 Å². The summed E-state index contributed by atoms with van der Waals surface area (Å²) in [5.74, 6) is 0.341. The molecule has 1 aromatic rings. The number of carbonyl (C=O) groups excluding carboxylic acids is 1. The molecule has 1 amide bonds. The lowest BCUT2D eigenvalue weighted by Gasteiger charge is -2.25. The molecule has 1 fully saturated rings. The van der Waals surface area contributed by atoms with E-state index >= 15 is 0 Å². The van der Waals surface area contributed by atoms with Crippen LogP contribution in [0.1, 0.15) is 37.0 Å². The van der Waals surface area contributed by atoms with Gasteiger partial charge in [0.2, 0.25) is 5.91 Å². The molecule has 1 N–H and O–H groups in total. The summed E-state index contributed by atoms with van der Waals surface area (Å²) in [7, 11) is 0. The van der Waals surface area contributed by atoms with Crippen LogP contribution in [0.5, 0.6) is 0 Å². The summed E-state index contributed by atoms with van der Waals surface area (Å²) < 4.78 is 0. The first-order valence-electron chi connectivity index (χ1n) is 6.49. The normalized spacial score (nSPS) is 23.3. The summed E-state index contributed by atoms with van der Waals surface area (Å²) in [4.78, 5) is 13.0. The second-order valence-corrected chi connectivity index (χ2v) is 5.86. The quantitative estimate of drug-likeness (QED) is 0.907. The Morgan fingerprint density at radius 1 is 1.44 bits per heavy atom. The highest BCUT2D eigenvalue weighted by atomic mass is 32.1. The fourth-order valence-electron chi connectivity index (χ4n) is 2.36. The van der Waals surface area contributed by atoms with Crippen LogP contribution < -0.4 is 5.32 Å². The summed E-state index contributed by atoms with van der Waals surface area (Å²) in [6, 6.07) is 6.67. The first-order valence-corrected chi connectivity index (χ1v) is 7.37. The van der Waals surface area contributed by atoms with Crippen molar-refractivity contribution >= 4 is 17.2 Å². The van der Waals surface area contributed by atoms with Gasteiger partial charge in [-0.05, 0) is 43.6 Å². The molecular formula is C14H18N2OS. The Morgan fingerprint density at radius 3 is 2.83 bits per heavy atom. The number of aryl methyl sites for hydroxylation is 1. The molecule has 1 heterocycles. The molecule has 0 saturated heterocycles. The van der Waals surface area contributed by atoms with E-state index in [1.54, 1.807) is 11.3 Å². The number of nitrogens with zero attached hydrogens (tertiary/aromatic N) is 1. The van der Waals surface area contributed by atoms with E-state index in [0.29, 0.717) is 6.42 Å². The van der Waals surface area contributed by atoms with E-state index in [9.17, 15) is 4.79 Å². The van der Waals surface area contributed by atoms with Gasteiger partial charge in [0.25, 0.3) is 0 Å². The monoisotopic (exact) mass is 262 g/mol. The zero-order valence-electron chi connectivity index (χ0n) is 10.4. The minimum Gasteiger partial charge on any atom is -0.353 e. The van der Waals surface area contributed by atoms with E-state index in [2.05, 4.69) is 17.5 Å². The molecule has 0 bridgehead atoms. The molecule has 0 aromatic carbocycles. The average Bonchev–Trinajstić information content (AvgIpc) is 2.90. The molecule has 96 valence electrons. The first kappa shape index (κ1) is 13.1. The highest BCUT2D eigenvalue weighted by Crippen LogP contribution is 2.23. The van der Waals surface area contributed by atoms with Crippen LogP contribution in [-0.2, 0) is 11.2 Å². The van der Waals surface area contributed by atoms with Crippen molar-refractivity contribution in [2.45, 2.75) is 44.6 Å². The predicted molar refractivity (Wildman–Crippen MR) is 72.1 cm³/mol. The molecule has 1 aliphatic rings. The number of thiophene rings is 1. The summed E-state index contributed by atoms with van der Waals surface area (Å²) in [5, 5.41) is 13.9. The third-order valence-electron chi connectivity index (χ3n) is 3.45. The third kappa shape index (κ3) is 3.85. The van der Waals surface area contributed by atoms with Gasteiger partial charge in [0.15, 0.2) is 0 Å². The van der Waals surface area contributed by atoms with E-state index in [4.69, 9.17) is 5.26 Å². The van der Waals surface area contributed by atoms with Gasteiger partial charge in [0.05, 0.1) is 6.07 Å². The Labute approximate surface area is 112 Å². The van der Waals surface area contributed by atoms with Gasteiger partial charge in [0.1, 0.15) is 0 Å². The second kappa shape index (κ2) is 6.55. The lowest BCUT2D eigenvalue weighted by molar-refractivity contribution is -0.122. The number of amides is 1. The first-order chi connectivity index (χ1) is 8.78. The Balaban J connectivity index is 1.67. The van der Waals surface area contributed by atoms with E-state index in [1.807, 2.05) is 11.4 Å². The smallest absolute Gasteiger partial charge is 0.220 e. The highest BCUT2D eigenvalue weighted by molar-refractivity contribution is 7.09. The molecule has 3 nitrogen and oxygen atoms in total. The molecule has 2 rings (SSSR count). The van der Waals surface area contributed by atoms with Crippen molar-refractivity contribution in [2.24, 2.45) is 5.92 Å². The number of nitrogens with one attached hydrogen (secondary N) is 1. The standard InChI is InChI=1S/C14H18N2OS/c15-10-11-3-5-12(6-4-11)16-14(17)8-7-13-2-1-9-18-13/h1-2,9,11-12H,3-8H2,(H,16,17). The van der Waals surface area contributed by atoms with Crippen LogP contribution in [0, 0.1) is 17.2 Å². The van der Waals surface area contributed by atoms with Crippen LogP contribution >= 0.6 is 11.3 Å². The molecule has 0 radical (unpaired) electrons. The highest BCUT2D eigenvalue weighted by Gasteiger charge is 2.21. The molecule has 4 heteroatoms. The maximum absolute atomic E-state index is 11.8. The second-order valence-electron chi connectivity index (χ2n) is 4.82. The Bertz CT molecular complexity index is 414. The van der Waals surface area contributed by atoms with E-state index in [1.165, 1.54) is 4.88 Å². The number of hydrogen-bond acceptors (Lipinski definition) is 3. The van der Waals surface area contributed by atoms with Crippen molar-refractivity contribution in [2.75, 3.05) is 0 Å². The van der Waals surface area contributed by atoms with Crippen LogP contribution in [0.15, 0.2) is 17.5 Å². The van der Waals surface area contributed by atoms with Crippen LogP contribution in [0.3, 0.4) is 0 Å². The molecule has 18 heavy (non-hydrogen) atoms. The summed E-state index contributed by atoms with van der Waals surface area (Å²) in [6.07, 6.45) is 5.14. The average molecular weight is 262 g/mol. The molecule has 1 aliphatic carbocycles. The minimum atomic E-state index is 0.142. The van der Waals surface area contributed by atoms with Crippen LogP contribution in [0.4, 0.5) is 0 Å². The van der Waals surface area contributed by atoms with Crippen molar-refractivity contribution in [3.8, 4) is 6.07 Å². The van der Waals surface area contributed by atoms with Gasteiger partial charge in [0, 0.05) is 23.3 Å². The molecular weight excluding hydrogens is 244 g/mol. The van der Waals surface area contributed by atoms with Gasteiger partial charge in [-0.15, -0.1) is 11.3 Å². The SMILES string of the molecule is N#CC1CCC(NC(=O)CCc2cccs2)CC1. The Morgan fingerprint density at radius 2 is 2.22 bits per heavy atom. The van der Waals surface area contributed by atoms with Gasteiger partial charge in [-0.3, -0.25) is 4.79 Å². The maximum Gasteiger partial charge on any atom is 0.220 e. The Hall–Kier alpha value is -1.34. The van der Waals surface area contributed by atoms with Gasteiger partial charge in [-0.2, -0.15) is 5.26 Å².